The second-order valence-corrected chi connectivity index (χ2v) is 8.25. The van der Waals surface area contributed by atoms with Crippen molar-refractivity contribution in [3.63, 3.8) is 0 Å². The number of ether oxygens (including phenoxy) is 3. The van der Waals surface area contributed by atoms with E-state index in [9.17, 15) is 4.79 Å². The minimum Gasteiger partial charge on any atom is -0.466 e. The number of carbonyl (C=O) groups is 1. The van der Waals surface area contributed by atoms with E-state index in [4.69, 9.17) is 14.2 Å². The lowest BCUT2D eigenvalue weighted by Crippen LogP contribution is -2.94. The zero-order valence-electron chi connectivity index (χ0n) is 10.6. The van der Waals surface area contributed by atoms with Crippen LogP contribution in [0, 0.1) is 40.9 Å². The third-order valence-corrected chi connectivity index (χ3v) is 8.87. The fraction of sp³-hybridized carbons (Fsp3) is 0.929. The van der Waals surface area contributed by atoms with Crippen LogP contribution in [0.4, 0.5) is 0 Å². The van der Waals surface area contributed by atoms with Crippen LogP contribution in [-0.4, -0.2) is 35.9 Å². The Morgan fingerprint density at radius 3 is 2.32 bits per heavy atom. The van der Waals surface area contributed by atoms with Crippen LogP contribution in [0.5, 0.6) is 0 Å². The molecule has 1 saturated heterocycles. The third-order valence-electron chi connectivity index (χ3n) is 7.26. The van der Waals surface area contributed by atoms with Crippen LogP contribution >= 0.6 is 15.9 Å². The molecule has 0 radical (unpaired) electrons. The van der Waals surface area contributed by atoms with Crippen molar-refractivity contribution in [2.24, 2.45) is 40.9 Å². The number of rotatable bonds is 2. The Morgan fingerprint density at radius 1 is 1.16 bits per heavy atom. The van der Waals surface area contributed by atoms with Gasteiger partial charge in [-0.25, -0.2) is 0 Å². The molecule has 5 heteroatoms. The standard InChI is InChI=1S/C14H15BrO4/c1-2-17-11(16)12-5-8-6(12)10-7(12)9(5)13(8,15)14(10)18-3-4-19-14/h5-10H,2-4H2,1H3/t5?,6-,7-,8-,9-,10?,12?,13?/m0/s1. The van der Waals surface area contributed by atoms with E-state index in [1.54, 1.807) is 0 Å². The maximum atomic E-state index is 12.4. The third kappa shape index (κ3) is 0.596. The average molecular weight is 327 g/mol. The number of hydrogen-bond donors (Lipinski definition) is 0. The average Bonchev–Trinajstić information content (AvgIpc) is 2.89. The van der Waals surface area contributed by atoms with E-state index < -0.39 is 5.79 Å². The quantitative estimate of drug-likeness (QED) is 0.564. The number of carbonyl (C=O) groups excluding carboxylic acids is 1. The molecule has 7 rings (SSSR count). The van der Waals surface area contributed by atoms with Crippen molar-refractivity contribution >= 4 is 21.9 Å². The lowest BCUT2D eigenvalue weighted by molar-refractivity contribution is -0.422. The monoisotopic (exact) mass is 326 g/mol. The maximum absolute atomic E-state index is 12.4. The van der Waals surface area contributed by atoms with Gasteiger partial charge in [0.1, 0.15) is 0 Å². The lowest BCUT2D eigenvalue weighted by Gasteiger charge is -2.89. The lowest BCUT2D eigenvalue weighted by atomic mass is 9.13. The summed E-state index contributed by atoms with van der Waals surface area (Å²) in [4.78, 5) is 12.4. The minimum absolute atomic E-state index is 0.00934. The zero-order chi connectivity index (χ0) is 12.8. The van der Waals surface area contributed by atoms with Gasteiger partial charge in [-0.2, -0.15) is 0 Å². The molecule has 0 unspecified atom stereocenters. The Hall–Kier alpha value is -0.130. The van der Waals surface area contributed by atoms with Crippen molar-refractivity contribution in [3.8, 4) is 0 Å². The van der Waals surface area contributed by atoms with E-state index in [2.05, 4.69) is 15.9 Å². The van der Waals surface area contributed by atoms with Gasteiger partial charge in [0.15, 0.2) is 5.79 Å². The van der Waals surface area contributed by atoms with Crippen LogP contribution in [0.25, 0.3) is 0 Å². The summed E-state index contributed by atoms with van der Waals surface area (Å²) in [6, 6.07) is 0. The summed E-state index contributed by atoms with van der Waals surface area (Å²) < 4.78 is 17.5. The molecule has 102 valence electrons. The predicted molar refractivity (Wildman–Crippen MR) is 66.3 cm³/mol. The predicted octanol–water partition coefficient (Wildman–Crippen LogP) is 1.18. The molecular formula is C14H15BrO4. The Labute approximate surface area is 119 Å². The first-order valence-electron chi connectivity index (χ1n) is 7.31. The van der Waals surface area contributed by atoms with Crippen molar-refractivity contribution in [2.75, 3.05) is 19.8 Å². The molecular weight excluding hydrogens is 312 g/mol. The van der Waals surface area contributed by atoms with Gasteiger partial charge in [0.05, 0.1) is 29.6 Å². The highest BCUT2D eigenvalue weighted by Crippen LogP contribution is 3.04. The van der Waals surface area contributed by atoms with Gasteiger partial charge in [-0.3, -0.25) is 4.79 Å². The molecule has 6 saturated carbocycles. The first-order valence-corrected chi connectivity index (χ1v) is 8.10. The van der Waals surface area contributed by atoms with Gasteiger partial charge in [0, 0.05) is 5.92 Å². The van der Waals surface area contributed by atoms with Gasteiger partial charge >= 0.3 is 5.97 Å². The van der Waals surface area contributed by atoms with Gasteiger partial charge < -0.3 is 14.2 Å². The minimum atomic E-state index is -0.416. The van der Waals surface area contributed by atoms with Crippen molar-refractivity contribution in [1.82, 2.24) is 0 Å². The molecule has 0 aromatic rings. The molecule has 0 aromatic heterocycles. The van der Waals surface area contributed by atoms with Crippen molar-refractivity contribution in [3.05, 3.63) is 0 Å². The summed E-state index contributed by atoms with van der Waals surface area (Å²) >= 11 is 3.98. The topological polar surface area (TPSA) is 44.8 Å². The number of halogens is 1. The molecule has 2 bridgehead atoms. The highest BCUT2D eigenvalue weighted by Gasteiger charge is 3.10. The summed E-state index contributed by atoms with van der Waals surface area (Å²) in [5, 5.41) is 0. The van der Waals surface area contributed by atoms with Gasteiger partial charge in [0.25, 0.3) is 0 Å². The summed E-state index contributed by atoms with van der Waals surface area (Å²) in [5.41, 5.74) is -0.133. The summed E-state index contributed by atoms with van der Waals surface area (Å²) in [7, 11) is 0. The van der Waals surface area contributed by atoms with E-state index >= 15 is 0 Å². The summed E-state index contributed by atoms with van der Waals surface area (Å²) in [6.07, 6.45) is 0. The Bertz CT molecular complexity index is 520. The van der Waals surface area contributed by atoms with Crippen LogP contribution in [0.1, 0.15) is 6.92 Å². The van der Waals surface area contributed by atoms with E-state index in [0.717, 1.165) is 0 Å². The van der Waals surface area contributed by atoms with E-state index in [0.29, 0.717) is 55.3 Å². The second kappa shape index (κ2) is 2.53. The highest BCUT2D eigenvalue weighted by molar-refractivity contribution is 9.10. The number of esters is 1. The van der Waals surface area contributed by atoms with Crippen molar-refractivity contribution in [1.29, 1.82) is 0 Å². The molecule has 0 amide bonds. The fourth-order valence-corrected chi connectivity index (χ4v) is 8.91. The number of alkyl halides is 1. The Balaban J connectivity index is 1.47. The molecule has 7 aliphatic rings. The smallest absolute Gasteiger partial charge is 0.312 e. The maximum Gasteiger partial charge on any atom is 0.312 e. The van der Waals surface area contributed by atoms with Gasteiger partial charge in [-0.05, 0) is 36.5 Å². The first kappa shape index (κ1) is 10.6. The van der Waals surface area contributed by atoms with E-state index in [-0.39, 0.29) is 15.7 Å². The SMILES string of the molecule is CCOC(=O)C12C3[C@H]4[C@H]1C1[C@@H]2[C@H]3C4(Br)C12OCCO2. The molecule has 19 heavy (non-hydrogen) atoms. The van der Waals surface area contributed by atoms with Gasteiger partial charge in [0.2, 0.25) is 0 Å². The van der Waals surface area contributed by atoms with E-state index in [1.807, 2.05) is 6.92 Å². The van der Waals surface area contributed by atoms with Crippen LogP contribution in [0.15, 0.2) is 0 Å². The summed E-state index contributed by atoms with van der Waals surface area (Å²) in [6.45, 7) is 3.77. The number of hydrogen-bond acceptors (Lipinski definition) is 4. The fourth-order valence-electron chi connectivity index (χ4n) is 7.28. The zero-order valence-corrected chi connectivity index (χ0v) is 12.2. The molecule has 1 spiro atoms. The largest absolute Gasteiger partial charge is 0.466 e. The van der Waals surface area contributed by atoms with Crippen LogP contribution in [-0.2, 0) is 19.0 Å². The van der Waals surface area contributed by atoms with Crippen LogP contribution in [0.2, 0.25) is 0 Å². The second-order valence-electron chi connectivity index (χ2n) is 6.94. The van der Waals surface area contributed by atoms with Crippen LogP contribution < -0.4 is 0 Å². The highest BCUT2D eigenvalue weighted by atomic mass is 79.9. The Morgan fingerprint density at radius 2 is 1.74 bits per heavy atom. The first-order chi connectivity index (χ1) is 9.17. The molecule has 7 fully saturated rings. The summed E-state index contributed by atoms with van der Waals surface area (Å²) in [5.74, 6) is 2.67. The van der Waals surface area contributed by atoms with Gasteiger partial charge in [-0.15, -0.1) is 0 Å². The molecule has 0 aromatic carbocycles. The molecule has 1 heterocycles. The molecule has 6 aliphatic carbocycles. The molecule has 1 aliphatic heterocycles. The van der Waals surface area contributed by atoms with Crippen LogP contribution in [0.3, 0.4) is 0 Å². The van der Waals surface area contributed by atoms with Crippen molar-refractivity contribution < 1.29 is 19.0 Å². The van der Waals surface area contributed by atoms with E-state index in [1.165, 1.54) is 0 Å². The molecule has 4 atom stereocenters. The van der Waals surface area contributed by atoms with Gasteiger partial charge in [-0.1, -0.05) is 15.9 Å². The molecule has 0 N–H and O–H groups in total. The normalized spacial score (nSPS) is 66.8. The van der Waals surface area contributed by atoms with Crippen molar-refractivity contribution in [2.45, 2.75) is 17.0 Å². The molecule has 4 nitrogen and oxygen atoms in total. The Kier molecular flexibility index (Phi) is 1.41.